The molecule has 0 saturated carbocycles. The normalized spacial score (nSPS) is 14.6. The molecule has 3 heterocycles. The lowest BCUT2D eigenvalue weighted by molar-refractivity contribution is 0.0686. The van der Waals surface area contributed by atoms with E-state index in [0.29, 0.717) is 37.7 Å². The fourth-order valence-electron chi connectivity index (χ4n) is 2.39. The van der Waals surface area contributed by atoms with Gasteiger partial charge in [-0.25, -0.2) is 19.7 Å². The van der Waals surface area contributed by atoms with Crippen molar-refractivity contribution in [2.24, 2.45) is 0 Å². The third kappa shape index (κ3) is 3.25. The minimum absolute atomic E-state index is 0.0763. The number of carbonyl (C=O) groups excluding carboxylic acids is 1. The average Bonchev–Trinajstić information content (AvgIpc) is 2.62. The van der Waals surface area contributed by atoms with Crippen molar-refractivity contribution in [3.63, 3.8) is 0 Å². The van der Waals surface area contributed by atoms with Crippen molar-refractivity contribution < 1.29 is 14.7 Å². The fourth-order valence-corrected chi connectivity index (χ4v) is 2.39. The summed E-state index contributed by atoms with van der Waals surface area (Å²) >= 11 is 0. The van der Waals surface area contributed by atoms with Crippen molar-refractivity contribution in [2.75, 3.05) is 31.1 Å². The monoisotopic (exact) mass is 313 g/mol. The molecule has 0 aromatic carbocycles. The van der Waals surface area contributed by atoms with E-state index in [-0.39, 0.29) is 11.6 Å². The maximum atomic E-state index is 12.4. The maximum Gasteiger partial charge on any atom is 0.354 e. The molecule has 1 aliphatic rings. The SMILES string of the molecule is O=C(O)c1ccc(C(=O)N2CCN(c3ncccn3)CC2)cn1. The molecule has 23 heavy (non-hydrogen) atoms. The molecule has 1 amide bonds. The molecule has 0 aliphatic carbocycles. The lowest BCUT2D eigenvalue weighted by Gasteiger charge is -2.34. The van der Waals surface area contributed by atoms with Crippen molar-refractivity contribution >= 4 is 17.8 Å². The van der Waals surface area contributed by atoms with Gasteiger partial charge in [-0.1, -0.05) is 0 Å². The number of pyridine rings is 1. The van der Waals surface area contributed by atoms with Gasteiger partial charge in [0.25, 0.3) is 5.91 Å². The molecule has 0 bridgehead atoms. The highest BCUT2D eigenvalue weighted by Crippen LogP contribution is 2.12. The first kappa shape index (κ1) is 14.9. The molecule has 1 N–H and O–H groups in total. The highest BCUT2D eigenvalue weighted by Gasteiger charge is 2.23. The van der Waals surface area contributed by atoms with Crippen LogP contribution in [-0.2, 0) is 0 Å². The first-order chi connectivity index (χ1) is 11.1. The Morgan fingerprint density at radius 2 is 1.70 bits per heavy atom. The second-order valence-electron chi connectivity index (χ2n) is 5.07. The van der Waals surface area contributed by atoms with Crippen molar-refractivity contribution in [2.45, 2.75) is 0 Å². The summed E-state index contributed by atoms with van der Waals surface area (Å²) in [6, 6.07) is 4.59. The molecule has 8 heteroatoms. The molecule has 1 aliphatic heterocycles. The van der Waals surface area contributed by atoms with Crippen molar-refractivity contribution in [3.05, 3.63) is 48.0 Å². The van der Waals surface area contributed by atoms with Gasteiger partial charge in [0.1, 0.15) is 5.69 Å². The number of rotatable bonds is 3. The predicted octanol–water partition coefficient (Wildman–Crippen LogP) is 0.532. The molecule has 0 atom stereocenters. The van der Waals surface area contributed by atoms with Gasteiger partial charge >= 0.3 is 5.97 Å². The maximum absolute atomic E-state index is 12.4. The van der Waals surface area contributed by atoms with E-state index in [0.717, 1.165) is 0 Å². The lowest BCUT2D eigenvalue weighted by atomic mass is 10.2. The molecule has 2 aromatic rings. The van der Waals surface area contributed by atoms with E-state index in [9.17, 15) is 9.59 Å². The van der Waals surface area contributed by atoms with Crippen LogP contribution in [0.2, 0.25) is 0 Å². The van der Waals surface area contributed by atoms with E-state index in [2.05, 4.69) is 15.0 Å². The zero-order valence-electron chi connectivity index (χ0n) is 12.3. The lowest BCUT2D eigenvalue weighted by Crippen LogP contribution is -2.49. The topological polar surface area (TPSA) is 99.5 Å². The minimum atomic E-state index is -1.11. The number of carboxylic acid groups (broad SMARTS) is 1. The van der Waals surface area contributed by atoms with Crippen LogP contribution in [0, 0.1) is 0 Å². The van der Waals surface area contributed by atoms with Crippen LogP contribution in [-0.4, -0.2) is 63.0 Å². The molecule has 8 nitrogen and oxygen atoms in total. The molecule has 1 saturated heterocycles. The van der Waals surface area contributed by atoms with Crippen LogP contribution < -0.4 is 4.90 Å². The molecule has 118 valence electrons. The van der Waals surface area contributed by atoms with Crippen LogP contribution in [0.5, 0.6) is 0 Å². The van der Waals surface area contributed by atoms with Crippen LogP contribution in [0.25, 0.3) is 0 Å². The number of aromatic nitrogens is 3. The van der Waals surface area contributed by atoms with Gasteiger partial charge < -0.3 is 14.9 Å². The van der Waals surface area contributed by atoms with Crippen LogP contribution in [0.1, 0.15) is 20.8 Å². The Balaban J connectivity index is 1.63. The van der Waals surface area contributed by atoms with Crippen LogP contribution in [0.4, 0.5) is 5.95 Å². The second-order valence-corrected chi connectivity index (χ2v) is 5.07. The Labute approximate surface area is 132 Å². The summed E-state index contributed by atoms with van der Waals surface area (Å²) < 4.78 is 0. The van der Waals surface area contributed by atoms with Crippen LogP contribution in [0.15, 0.2) is 36.8 Å². The highest BCUT2D eigenvalue weighted by molar-refractivity contribution is 5.95. The molecule has 0 unspecified atom stereocenters. The van der Waals surface area contributed by atoms with Crippen LogP contribution in [0.3, 0.4) is 0 Å². The highest BCUT2D eigenvalue weighted by atomic mass is 16.4. The summed E-state index contributed by atoms with van der Waals surface area (Å²) in [7, 11) is 0. The molecule has 3 rings (SSSR count). The van der Waals surface area contributed by atoms with E-state index in [1.807, 2.05) is 4.90 Å². The zero-order chi connectivity index (χ0) is 16.2. The van der Waals surface area contributed by atoms with Crippen molar-refractivity contribution in [1.82, 2.24) is 19.9 Å². The van der Waals surface area contributed by atoms with E-state index in [1.165, 1.54) is 18.3 Å². The zero-order valence-corrected chi connectivity index (χ0v) is 12.3. The number of anilines is 1. The smallest absolute Gasteiger partial charge is 0.354 e. The molecule has 2 aromatic heterocycles. The first-order valence-corrected chi connectivity index (χ1v) is 7.16. The minimum Gasteiger partial charge on any atom is -0.477 e. The summed E-state index contributed by atoms with van der Waals surface area (Å²) in [5.74, 6) is -0.601. The Hall–Kier alpha value is -3.03. The van der Waals surface area contributed by atoms with Crippen molar-refractivity contribution in [1.29, 1.82) is 0 Å². The fraction of sp³-hybridized carbons (Fsp3) is 0.267. The molecular formula is C15H15N5O3. The Morgan fingerprint density at radius 1 is 1.00 bits per heavy atom. The quantitative estimate of drug-likeness (QED) is 0.882. The van der Waals surface area contributed by atoms with Gasteiger partial charge in [-0.15, -0.1) is 0 Å². The van der Waals surface area contributed by atoms with Gasteiger partial charge in [0.2, 0.25) is 5.95 Å². The average molecular weight is 313 g/mol. The summed E-state index contributed by atoms with van der Waals surface area (Å²) in [6.45, 7) is 2.41. The predicted molar refractivity (Wildman–Crippen MR) is 81.3 cm³/mol. The summed E-state index contributed by atoms with van der Waals surface area (Å²) in [6.07, 6.45) is 4.68. The van der Waals surface area contributed by atoms with Gasteiger partial charge in [-0.3, -0.25) is 4.79 Å². The van der Waals surface area contributed by atoms with Gasteiger partial charge in [0.05, 0.1) is 5.56 Å². The standard InChI is InChI=1S/C15H15N5O3/c21-13(11-2-3-12(14(22)23)18-10-11)19-6-8-20(9-7-19)15-16-4-1-5-17-15/h1-5,10H,6-9H2,(H,22,23). The van der Waals surface area contributed by atoms with Crippen LogP contribution >= 0.6 is 0 Å². The number of aromatic carboxylic acids is 1. The summed E-state index contributed by atoms with van der Waals surface area (Å²) in [5, 5.41) is 8.83. The molecular weight excluding hydrogens is 298 g/mol. The van der Waals surface area contributed by atoms with E-state index >= 15 is 0 Å². The second kappa shape index (κ2) is 6.39. The van der Waals surface area contributed by atoms with Crippen molar-refractivity contribution in [3.8, 4) is 0 Å². The Bertz CT molecular complexity index is 697. The number of nitrogens with zero attached hydrogens (tertiary/aromatic N) is 5. The molecule has 0 radical (unpaired) electrons. The largest absolute Gasteiger partial charge is 0.477 e. The van der Waals surface area contributed by atoms with Gasteiger partial charge in [-0.05, 0) is 18.2 Å². The number of amides is 1. The van der Waals surface area contributed by atoms with Gasteiger partial charge in [0, 0.05) is 44.8 Å². The Morgan fingerprint density at radius 3 is 2.26 bits per heavy atom. The molecule has 1 fully saturated rings. The third-order valence-corrected chi connectivity index (χ3v) is 3.63. The van der Waals surface area contributed by atoms with E-state index in [1.54, 1.807) is 23.4 Å². The van der Waals surface area contributed by atoms with Gasteiger partial charge in [-0.2, -0.15) is 0 Å². The number of piperazine rings is 1. The first-order valence-electron chi connectivity index (χ1n) is 7.16. The van der Waals surface area contributed by atoms with Gasteiger partial charge in [0.15, 0.2) is 0 Å². The third-order valence-electron chi connectivity index (χ3n) is 3.63. The Kier molecular flexibility index (Phi) is 4.13. The van der Waals surface area contributed by atoms with E-state index in [4.69, 9.17) is 5.11 Å². The number of hydrogen-bond acceptors (Lipinski definition) is 6. The molecule has 0 spiro atoms. The number of carboxylic acids is 1. The summed E-state index contributed by atoms with van der Waals surface area (Å²) in [4.78, 5) is 39.1. The van der Waals surface area contributed by atoms with E-state index < -0.39 is 5.97 Å². The summed E-state index contributed by atoms with van der Waals surface area (Å²) in [5.41, 5.74) is 0.312. The number of hydrogen-bond donors (Lipinski definition) is 1. The number of carbonyl (C=O) groups is 2.